The van der Waals surface area contributed by atoms with Crippen LogP contribution in [0, 0.1) is 0 Å². The van der Waals surface area contributed by atoms with Crippen LogP contribution in [-0.2, 0) is 0 Å². The predicted octanol–water partition coefficient (Wildman–Crippen LogP) is 1.55. The molecule has 6 heteroatoms. The van der Waals surface area contributed by atoms with Crippen molar-refractivity contribution in [3.05, 3.63) is 10.6 Å². The third kappa shape index (κ3) is 4.05. The predicted molar refractivity (Wildman–Crippen MR) is 67.2 cm³/mol. The van der Waals surface area contributed by atoms with E-state index in [1.54, 1.807) is 0 Å². The van der Waals surface area contributed by atoms with Crippen LogP contribution >= 0.6 is 11.5 Å². The molecule has 0 bridgehead atoms. The highest BCUT2D eigenvalue weighted by molar-refractivity contribution is 7.08. The molecule has 1 rings (SSSR count). The summed E-state index contributed by atoms with van der Waals surface area (Å²) in [6.45, 7) is 6.06. The van der Waals surface area contributed by atoms with Crippen LogP contribution in [0.15, 0.2) is 0 Å². The van der Waals surface area contributed by atoms with Crippen molar-refractivity contribution in [3.63, 3.8) is 0 Å². The number of aromatic nitrogens is 2. The lowest BCUT2D eigenvalue weighted by Crippen LogP contribution is -2.32. The fraction of sp³-hybridized carbons (Fsp3) is 0.727. The van der Waals surface area contributed by atoms with Crippen molar-refractivity contribution in [1.82, 2.24) is 14.9 Å². The molecule has 0 aliphatic rings. The summed E-state index contributed by atoms with van der Waals surface area (Å²) in [5.41, 5.74) is 0.752. The van der Waals surface area contributed by atoms with Gasteiger partial charge in [-0.1, -0.05) is 18.3 Å². The second kappa shape index (κ2) is 6.66. The van der Waals surface area contributed by atoms with Gasteiger partial charge in [-0.3, -0.25) is 4.79 Å². The number of aliphatic hydroxyl groups is 1. The molecule has 1 heterocycles. The number of carbonyl (C=O) groups excluding carboxylic acids is 1. The molecule has 1 amide bonds. The molecule has 0 aliphatic heterocycles. The van der Waals surface area contributed by atoms with Crippen LogP contribution in [-0.4, -0.2) is 33.2 Å². The smallest absolute Gasteiger partial charge is 0.265 e. The van der Waals surface area contributed by atoms with Gasteiger partial charge in [-0.05, 0) is 37.2 Å². The summed E-state index contributed by atoms with van der Waals surface area (Å²) >= 11 is 1.13. The molecule has 1 unspecified atom stereocenters. The Morgan fingerprint density at radius 1 is 1.47 bits per heavy atom. The standard InChI is InChI=1S/C11H19N3O2S/c1-7(2)9-10(17-14-13-9)11(16)12-8(3)5-4-6-15/h7-8,15H,4-6H2,1-3H3,(H,12,16). The summed E-state index contributed by atoms with van der Waals surface area (Å²) in [7, 11) is 0. The average molecular weight is 257 g/mol. The highest BCUT2D eigenvalue weighted by atomic mass is 32.1. The number of amides is 1. The molecule has 0 aromatic carbocycles. The second-order valence-corrected chi connectivity index (χ2v) is 5.14. The first-order valence-corrected chi connectivity index (χ1v) is 6.57. The Labute approximate surface area is 105 Å². The van der Waals surface area contributed by atoms with Gasteiger partial charge in [0.2, 0.25) is 0 Å². The van der Waals surface area contributed by atoms with Crippen molar-refractivity contribution in [2.24, 2.45) is 0 Å². The molecule has 0 saturated heterocycles. The molecule has 0 radical (unpaired) electrons. The maximum absolute atomic E-state index is 12.0. The number of aliphatic hydroxyl groups excluding tert-OH is 1. The largest absolute Gasteiger partial charge is 0.396 e. The summed E-state index contributed by atoms with van der Waals surface area (Å²) in [5, 5.41) is 15.6. The molecule has 0 aliphatic carbocycles. The van der Waals surface area contributed by atoms with Crippen molar-refractivity contribution in [3.8, 4) is 0 Å². The van der Waals surface area contributed by atoms with Gasteiger partial charge in [-0.2, -0.15) is 0 Å². The first-order valence-electron chi connectivity index (χ1n) is 5.80. The van der Waals surface area contributed by atoms with Gasteiger partial charge >= 0.3 is 0 Å². The van der Waals surface area contributed by atoms with E-state index < -0.39 is 0 Å². The molecule has 1 aromatic rings. The minimum atomic E-state index is -0.117. The van der Waals surface area contributed by atoms with E-state index in [0.717, 1.165) is 23.6 Å². The van der Waals surface area contributed by atoms with Crippen LogP contribution in [0.25, 0.3) is 0 Å². The molecule has 96 valence electrons. The molecule has 1 atom stereocenters. The number of rotatable bonds is 6. The van der Waals surface area contributed by atoms with Crippen LogP contribution in [0.1, 0.15) is 54.9 Å². The quantitative estimate of drug-likeness (QED) is 0.811. The van der Waals surface area contributed by atoms with Gasteiger partial charge in [0.25, 0.3) is 5.91 Å². The molecule has 1 aromatic heterocycles. The van der Waals surface area contributed by atoms with Crippen LogP contribution < -0.4 is 5.32 Å². The number of hydrogen-bond donors (Lipinski definition) is 2. The van der Waals surface area contributed by atoms with E-state index in [9.17, 15) is 4.79 Å². The molecular weight excluding hydrogens is 238 g/mol. The van der Waals surface area contributed by atoms with E-state index in [1.807, 2.05) is 20.8 Å². The molecule has 0 fully saturated rings. The maximum Gasteiger partial charge on any atom is 0.265 e. The van der Waals surface area contributed by atoms with E-state index >= 15 is 0 Å². The van der Waals surface area contributed by atoms with Crippen LogP contribution in [0.3, 0.4) is 0 Å². The average Bonchev–Trinajstić information content (AvgIpc) is 2.75. The molecule has 5 nitrogen and oxygen atoms in total. The Morgan fingerprint density at radius 2 is 2.18 bits per heavy atom. The third-order valence-corrected chi connectivity index (χ3v) is 3.18. The molecular formula is C11H19N3O2S. The van der Waals surface area contributed by atoms with Crippen molar-refractivity contribution >= 4 is 17.4 Å². The zero-order valence-electron chi connectivity index (χ0n) is 10.4. The van der Waals surface area contributed by atoms with E-state index in [0.29, 0.717) is 11.3 Å². The van der Waals surface area contributed by atoms with E-state index in [-0.39, 0.29) is 24.5 Å². The summed E-state index contributed by atoms with van der Waals surface area (Å²) in [4.78, 5) is 12.6. The van der Waals surface area contributed by atoms with Crippen LogP contribution in [0.5, 0.6) is 0 Å². The van der Waals surface area contributed by atoms with Crippen LogP contribution in [0.4, 0.5) is 0 Å². The molecule has 2 N–H and O–H groups in total. The van der Waals surface area contributed by atoms with Crippen molar-refractivity contribution in [2.45, 2.75) is 45.6 Å². The Bertz CT molecular complexity index is 365. The minimum Gasteiger partial charge on any atom is -0.396 e. The van der Waals surface area contributed by atoms with Crippen molar-refractivity contribution < 1.29 is 9.90 Å². The summed E-state index contributed by atoms with van der Waals surface area (Å²) < 4.78 is 3.82. The lowest BCUT2D eigenvalue weighted by Gasteiger charge is -2.13. The monoisotopic (exact) mass is 257 g/mol. The van der Waals surface area contributed by atoms with Crippen LogP contribution in [0.2, 0.25) is 0 Å². The Morgan fingerprint density at radius 3 is 2.76 bits per heavy atom. The minimum absolute atomic E-state index is 0.0526. The van der Waals surface area contributed by atoms with E-state index in [4.69, 9.17) is 5.11 Å². The third-order valence-electron chi connectivity index (χ3n) is 2.44. The van der Waals surface area contributed by atoms with Gasteiger partial charge in [0.1, 0.15) is 4.88 Å². The van der Waals surface area contributed by atoms with Gasteiger partial charge in [0.05, 0.1) is 5.69 Å². The molecule has 0 spiro atoms. The Hall–Kier alpha value is -1.01. The topological polar surface area (TPSA) is 75.1 Å². The Kier molecular flexibility index (Phi) is 5.50. The van der Waals surface area contributed by atoms with Gasteiger partial charge in [0.15, 0.2) is 0 Å². The van der Waals surface area contributed by atoms with Crippen molar-refractivity contribution in [1.29, 1.82) is 0 Å². The second-order valence-electron chi connectivity index (χ2n) is 4.38. The zero-order chi connectivity index (χ0) is 12.8. The highest BCUT2D eigenvalue weighted by Crippen LogP contribution is 2.19. The first kappa shape index (κ1) is 14.1. The maximum atomic E-state index is 12.0. The van der Waals surface area contributed by atoms with Gasteiger partial charge in [-0.15, -0.1) is 5.10 Å². The number of carbonyl (C=O) groups is 1. The highest BCUT2D eigenvalue weighted by Gasteiger charge is 2.19. The number of nitrogens with one attached hydrogen (secondary N) is 1. The van der Waals surface area contributed by atoms with Gasteiger partial charge in [0, 0.05) is 12.6 Å². The number of nitrogens with zero attached hydrogens (tertiary/aromatic N) is 2. The first-order chi connectivity index (χ1) is 8.06. The lowest BCUT2D eigenvalue weighted by molar-refractivity contribution is 0.0939. The van der Waals surface area contributed by atoms with E-state index in [1.165, 1.54) is 0 Å². The molecule has 17 heavy (non-hydrogen) atoms. The zero-order valence-corrected chi connectivity index (χ0v) is 11.3. The number of hydrogen-bond acceptors (Lipinski definition) is 5. The van der Waals surface area contributed by atoms with Gasteiger partial charge < -0.3 is 10.4 Å². The SMILES string of the molecule is CC(CCCO)NC(=O)c1snnc1C(C)C. The van der Waals surface area contributed by atoms with E-state index in [2.05, 4.69) is 14.9 Å². The summed E-state index contributed by atoms with van der Waals surface area (Å²) in [6, 6.07) is 0.0526. The summed E-state index contributed by atoms with van der Waals surface area (Å²) in [5.74, 6) is 0.0800. The lowest BCUT2D eigenvalue weighted by atomic mass is 10.1. The van der Waals surface area contributed by atoms with Crippen molar-refractivity contribution in [2.75, 3.05) is 6.61 Å². The summed E-state index contributed by atoms with van der Waals surface area (Å²) in [6.07, 6.45) is 1.46. The normalized spacial score (nSPS) is 12.8. The fourth-order valence-electron chi connectivity index (χ4n) is 1.49. The Balaban J connectivity index is 2.60. The fourth-order valence-corrected chi connectivity index (χ4v) is 2.21. The van der Waals surface area contributed by atoms with Gasteiger partial charge in [-0.25, -0.2) is 0 Å². The molecule has 0 saturated carbocycles.